The Kier molecular flexibility index (Phi) is 6.78. The quantitative estimate of drug-likeness (QED) is 0.363. The number of anilines is 1. The molecule has 1 N–H and O–H groups in total. The van der Waals surface area contributed by atoms with Crippen LogP contribution in [-0.2, 0) is 21.4 Å². The molecule has 0 bridgehead atoms. The van der Waals surface area contributed by atoms with E-state index in [0.29, 0.717) is 5.69 Å². The minimum Gasteiger partial charge on any atom is -0.325 e. The number of hydrogen-bond donors (Lipinski definition) is 1. The summed E-state index contributed by atoms with van der Waals surface area (Å²) in [7, 11) is -4.12. The fraction of sp³-hybridized carbons (Fsp3) is 0.0909. The summed E-state index contributed by atoms with van der Waals surface area (Å²) in [6.45, 7) is -0.410. The molecule has 4 rings (SSSR count). The number of rotatable bonds is 7. The molecule has 1 amide bonds. The molecule has 0 aliphatic heterocycles. The summed E-state index contributed by atoms with van der Waals surface area (Å²) >= 11 is 13.5. The van der Waals surface area contributed by atoms with Crippen molar-refractivity contribution in [3.8, 4) is 0 Å². The van der Waals surface area contributed by atoms with Gasteiger partial charge in [0.05, 0.1) is 16.3 Å². The van der Waals surface area contributed by atoms with Gasteiger partial charge in [-0.05, 0) is 53.5 Å². The first kappa shape index (κ1) is 22.7. The van der Waals surface area contributed by atoms with Crippen LogP contribution in [-0.4, -0.2) is 29.5 Å². The zero-order chi connectivity index (χ0) is 22.7. The van der Waals surface area contributed by atoms with E-state index in [0.717, 1.165) is 20.0 Å². The highest BCUT2D eigenvalue weighted by molar-refractivity contribution is 7.89. The van der Waals surface area contributed by atoms with E-state index in [1.807, 2.05) is 12.1 Å². The van der Waals surface area contributed by atoms with Crippen LogP contribution >= 0.6 is 34.7 Å². The van der Waals surface area contributed by atoms with Crippen molar-refractivity contribution in [2.24, 2.45) is 0 Å². The van der Waals surface area contributed by atoms with Gasteiger partial charge in [0, 0.05) is 28.8 Å². The Balaban J connectivity index is 1.62. The minimum absolute atomic E-state index is 0.00702. The Labute approximate surface area is 199 Å². The number of aromatic nitrogens is 1. The zero-order valence-corrected chi connectivity index (χ0v) is 19.7. The average Bonchev–Trinajstić information content (AvgIpc) is 3.23. The Morgan fingerprint density at radius 2 is 1.81 bits per heavy atom. The molecule has 1 heterocycles. The molecule has 0 aliphatic rings. The maximum atomic E-state index is 13.4. The van der Waals surface area contributed by atoms with Gasteiger partial charge in [-0.25, -0.2) is 8.42 Å². The summed E-state index contributed by atoms with van der Waals surface area (Å²) in [6, 6.07) is 18.6. The van der Waals surface area contributed by atoms with Crippen LogP contribution in [0.2, 0.25) is 10.0 Å². The van der Waals surface area contributed by atoms with Crippen molar-refractivity contribution in [3.63, 3.8) is 0 Å². The predicted octanol–water partition coefficient (Wildman–Crippen LogP) is 5.43. The maximum Gasteiger partial charge on any atom is 0.245 e. The smallest absolute Gasteiger partial charge is 0.245 e. The highest BCUT2D eigenvalue weighted by Gasteiger charge is 2.29. The van der Waals surface area contributed by atoms with Crippen molar-refractivity contribution in [1.29, 1.82) is 0 Å². The summed E-state index contributed by atoms with van der Waals surface area (Å²) in [6.07, 6.45) is 1.71. The molecule has 0 radical (unpaired) electrons. The molecule has 32 heavy (non-hydrogen) atoms. The lowest BCUT2D eigenvalue weighted by atomic mass is 10.2. The molecule has 0 saturated carbocycles. The lowest BCUT2D eigenvalue weighted by Crippen LogP contribution is -2.37. The number of sulfonamides is 1. The minimum atomic E-state index is -4.12. The van der Waals surface area contributed by atoms with E-state index in [4.69, 9.17) is 23.2 Å². The first-order valence-corrected chi connectivity index (χ1v) is 12.4. The first-order chi connectivity index (χ1) is 15.3. The molecule has 0 saturated heterocycles. The third-order valence-electron chi connectivity index (χ3n) is 4.67. The van der Waals surface area contributed by atoms with Gasteiger partial charge in [0.15, 0.2) is 0 Å². The Bertz CT molecular complexity index is 1380. The summed E-state index contributed by atoms with van der Waals surface area (Å²) in [5, 5.41) is 3.92. The number of carbonyl (C=O) groups excluding carboxylic acids is 1. The number of halogens is 2. The Hall–Kier alpha value is -2.49. The maximum absolute atomic E-state index is 13.4. The molecular formula is C22H17Cl2N3O3S2. The highest BCUT2D eigenvalue weighted by atomic mass is 35.5. The largest absolute Gasteiger partial charge is 0.325 e. The van der Waals surface area contributed by atoms with Gasteiger partial charge in [0.25, 0.3) is 0 Å². The van der Waals surface area contributed by atoms with E-state index < -0.39 is 22.5 Å². The van der Waals surface area contributed by atoms with Gasteiger partial charge in [-0.1, -0.05) is 53.5 Å². The second kappa shape index (κ2) is 9.56. The van der Waals surface area contributed by atoms with Gasteiger partial charge >= 0.3 is 0 Å². The molecule has 0 atom stereocenters. The third-order valence-corrected chi connectivity index (χ3v) is 7.96. The summed E-state index contributed by atoms with van der Waals surface area (Å²) < 4.78 is 33.1. The number of fused-ring (bicyclic) bond motifs is 1. The van der Waals surface area contributed by atoms with Gasteiger partial charge < -0.3 is 5.32 Å². The molecule has 0 spiro atoms. The molecule has 0 aliphatic carbocycles. The van der Waals surface area contributed by atoms with Gasteiger partial charge in [-0.2, -0.15) is 8.68 Å². The Morgan fingerprint density at radius 1 is 1.03 bits per heavy atom. The molecule has 6 nitrogen and oxygen atoms in total. The summed E-state index contributed by atoms with van der Waals surface area (Å²) in [5.74, 6) is -0.481. The molecular weight excluding hydrogens is 489 g/mol. The molecule has 1 aromatic heterocycles. The topological polar surface area (TPSA) is 79.4 Å². The monoisotopic (exact) mass is 505 g/mol. The van der Waals surface area contributed by atoms with Gasteiger partial charge in [-0.15, -0.1) is 0 Å². The van der Waals surface area contributed by atoms with Crippen LogP contribution < -0.4 is 5.32 Å². The lowest BCUT2D eigenvalue weighted by molar-refractivity contribution is -0.116. The van der Waals surface area contributed by atoms with Gasteiger partial charge in [-0.3, -0.25) is 4.79 Å². The number of nitrogens with one attached hydrogen (secondary N) is 1. The predicted molar refractivity (Wildman–Crippen MR) is 129 cm³/mol. The van der Waals surface area contributed by atoms with Crippen molar-refractivity contribution in [2.75, 3.05) is 11.9 Å². The fourth-order valence-electron chi connectivity index (χ4n) is 3.14. The molecule has 4 aromatic rings. The van der Waals surface area contributed by atoms with Crippen molar-refractivity contribution in [1.82, 2.24) is 8.68 Å². The number of hydrogen-bond acceptors (Lipinski definition) is 5. The van der Waals surface area contributed by atoms with Crippen molar-refractivity contribution in [2.45, 2.75) is 11.4 Å². The van der Waals surface area contributed by atoms with E-state index in [1.54, 1.807) is 42.6 Å². The molecule has 3 aromatic carbocycles. The van der Waals surface area contributed by atoms with E-state index in [-0.39, 0.29) is 21.5 Å². The summed E-state index contributed by atoms with van der Waals surface area (Å²) in [4.78, 5) is 12.7. The van der Waals surface area contributed by atoms with Crippen molar-refractivity contribution in [3.05, 3.63) is 88.5 Å². The van der Waals surface area contributed by atoms with Crippen LogP contribution in [0.4, 0.5) is 5.69 Å². The summed E-state index contributed by atoms with van der Waals surface area (Å²) in [5.41, 5.74) is 1.29. The first-order valence-electron chi connectivity index (χ1n) is 9.46. The normalized spacial score (nSPS) is 11.7. The molecule has 10 heteroatoms. The molecule has 164 valence electrons. The SMILES string of the molecule is O=C(CN(Cc1ccccc1)S(=O)(=O)c1cc(Cl)ccc1Cl)Nc1ccc2sncc2c1. The number of amides is 1. The van der Waals surface area contributed by atoms with Crippen molar-refractivity contribution >= 4 is 66.4 Å². The lowest BCUT2D eigenvalue weighted by Gasteiger charge is -2.22. The van der Waals surface area contributed by atoms with Crippen LogP contribution in [0.25, 0.3) is 10.1 Å². The Morgan fingerprint density at radius 3 is 2.59 bits per heavy atom. The standard InChI is InChI=1S/C22H17Cl2N3O3S2/c23-17-6-8-19(24)21(11-17)32(29,30)27(13-15-4-2-1-3-5-15)14-22(28)26-18-7-9-20-16(10-18)12-25-31-20/h1-12H,13-14H2,(H,26,28). The van der Waals surface area contributed by atoms with E-state index in [2.05, 4.69) is 9.69 Å². The molecule has 0 fully saturated rings. The van der Waals surface area contributed by atoms with Crippen LogP contribution in [0, 0.1) is 0 Å². The zero-order valence-electron chi connectivity index (χ0n) is 16.5. The fourth-order valence-corrected chi connectivity index (χ4v) is 5.89. The van der Waals surface area contributed by atoms with Crippen LogP contribution in [0.3, 0.4) is 0 Å². The second-order valence-electron chi connectivity index (χ2n) is 6.96. The third kappa shape index (κ3) is 5.11. The van der Waals surface area contributed by atoms with E-state index >= 15 is 0 Å². The second-order valence-corrected chi connectivity index (χ2v) is 10.5. The highest BCUT2D eigenvalue weighted by Crippen LogP contribution is 2.29. The number of carbonyl (C=O) groups is 1. The van der Waals surface area contributed by atoms with Crippen LogP contribution in [0.1, 0.15) is 5.56 Å². The number of benzene rings is 3. The average molecular weight is 506 g/mol. The van der Waals surface area contributed by atoms with E-state index in [1.165, 1.54) is 29.7 Å². The molecule has 0 unspecified atom stereocenters. The number of nitrogens with zero attached hydrogens (tertiary/aromatic N) is 2. The van der Waals surface area contributed by atoms with Crippen LogP contribution in [0.15, 0.2) is 77.8 Å². The van der Waals surface area contributed by atoms with Gasteiger partial charge in [0.2, 0.25) is 15.9 Å². The van der Waals surface area contributed by atoms with Gasteiger partial charge in [0.1, 0.15) is 4.90 Å². The van der Waals surface area contributed by atoms with Crippen LogP contribution in [0.5, 0.6) is 0 Å². The van der Waals surface area contributed by atoms with Crippen molar-refractivity contribution < 1.29 is 13.2 Å². The van der Waals surface area contributed by atoms with E-state index in [9.17, 15) is 13.2 Å².